The summed E-state index contributed by atoms with van der Waals surface area (Å²) in [6.45, 7) is 5.59. The van der Waals surface area contributed by atoms with Gasteiger partial charge in [-0.3, -0.25) is 0 Å². The summed E-state index contributed by atoms with van der Waals surface area (Å²) < 4.78 is 5.19. The molecule has 1 saturated heterocycles. The number of hydrogen-bond acceptors (Lipinski definition) is 3. The van der Waals surface area contributed by atoms with Crippen LogP contribution in [0.5, 0.6) is 5.75 Å². The van der Waals surface area contributed by atoms with Crippen LogP contribution in [0, 0.1) is 0 Å². The van der Waals surface area contributed by atoms with Crippen LogP contribution in [0.15, 0.2) is 24.3 Å². The molecule has 1 atom stereocenters. The number of piperidine rings is 1. The molecular weight excluding hydrogens is 236 g/mol. The molecule has 1 fully saturated rings. The normalized spacial score (nSPS) is 23.6. The quantitative estimate of drug-likeness (QED) is 0.883. The molecule has 1 aliphatic heterocycles. The van der Waals surface area contributed by atoms with Crippen LogP contribution in [-0.2, 0) is 6.54 Å². The molecule has 106 valence electrons. The van der Waals surface area contributed by atoms with Gasteiger partial charge in [-0.1, -0.05) is 18.6 Å². The maximum atomic E-state index is 5.19. The summed E-state index contributed by atoms with van der Waals surface area (Å²) in [7, 11) is 3.91. The van der Waals surface area contributed by atoms with Gasteiger partial charge in [-0.25, -0.2) is 0 Å². The van der Waals surface area contributed by atoms with Crippen LogP contribution < -0.4 is 10.1 Å². The van der Waals surface area contributed by atoms with E-state index in [0.717, 1.165) is 25.4 Å². The predicted molar refractivity (Wildman–Crippen MR) is 79.6 cm³/mol. The smallest absolute Gasteiger partial charge is 0.118 e. The van der Waals surface area contributed by atoms with E-state index in [-0.39, 0.29) is 5.54 Å². The molecule has 0 saturated carbocycles. The fourth-order valence-electron chi connectivity index (χ4n) is 2.95. The van der Waals surface area contributed by atoms with E-state index < -0.39 is 0 Å². The molecule has 1 aromatic carbocycles. The van der Waals surface area contributed by atoms with Gasteiger partial charge in [-0.05, 0) is 51.1 Å². The lowest BCUT2D eigenvalue weighted by Gasteiger charge is -2.38. The Morgan fingerprint density at radius 3 is 2.58 bits per heavy atom. The van der Waals surface area contributed by atoms with Gasteiger partial charge >= 0.3 is 0 Å². The zero-order valence-electron chi connectivity index (χ0n) is 12.4. The molecule has 1 N–H and O–H groups in total. The van der Waals surface area contributed by atoms with E-state index in [0.29, 0.717) is 0 Å². The van der Waals surface area contributed by atoms with Crippen LogP contribution in [0.3, 0.4) is 0 Å². The molecular formula is C16H26N2O. The highest BCUT2D eigenvalue weighted by Gasteiger charge is 2.27. The highest BCUT2D eigenvalue weighted by atomic mass is 16.5. The minimum Gasteiger partial charge on any atom is -0.497 e. The van der Waals surface area contributed by atoms with Gasteiger partial charge in [0.2, 0.25) is 0 Å². The molecule has 19 heavy (non-hydrogen) atoms. The molecule has 0 aromatic heterocycles. The van der Waals surface area contributed by atoms with Crippen molar-refractivity contribution >= 4 is 0 Å². The summed E-state index contributed by atoms with van der Waals surface area (Å²) in [5.41, 5.74) is 1.61. The molecule has 1 unspecified atom stereocenters. The first-order valence-electron chi connectivity index (χ1n) is 7.18. The van der Waals surface area contributed by atoms with Crippen molar-refractivity contribution in [2.75, 3.05) is 27.2 Å². The SMILES string of the molecule is COc1ccc(CN(C)CC2(C)CCCCN2)cc1. The second-order valence-electron chi connectivity index (χ2n) is 5.96. The molecule has 3 nitrogen and oxygen atoms in total. The zero-order valence-corrected chi connectivity index (χ0v) is 12.4. The zero-order chi connectivity index (χ0) is 13.7. The van der Waals surface area contributed by atoms with Gasteiger partial charge in [0.1, 0.15) is 5.75 Å². The molecule has 0 spiro atoms. The van der Waals surface area contributed by atoms with E-state index in [4.69, 9.17) is 4.74 Å². The van der Waals surface area contributed by atoms with Crippen molar-refractivity contribution in [1.29, 1.82) is 0 Å². The van der Waals surface area contributed by atoms with Gasteiger partial charge in [0.05, 0.1) is 7.11 Å². The van der Waals surface area contributed by atoms with Crippen molar-refractivity contribution in [3.05, 3.63) is 29.8 Å². The summed E-state index contributed by atoms with van der Waals surface area (Å²) in [5.74, 6) is 0.923. The standard InChI is InChI=1S/C16H26N2O/c1-16(10-4-5-11-17-16)13-18(2)12-14-6-8-15(19-3)9-7-14/h6-9,17H,4-5,10-13H2,1-3H3. The second-order valence-corrected chi connectivity index (χ2v) is 5.96. The van der Waals surface area contributed by atoms with Crippen molar-refractivity contribution in [1.82, 2.24) is 10.2 Å². The predicted octanol–water partition coefficient (Wildman–Crippen LogP) is 2.66. The number of methoxy groups -OCH3 is 1. The van der Waals surface area contributed by atoms with Gasteiger partial charge in [0, 0.05) is 18.6 Å². The lowest BCUT2D eigenvalue weighted by molar-refractivity contribution is 0.182. The highest BCUT2D eigenvalue weighted by molar-refractivity contribution is 5.27. The fourth-order valence-corrected chi connectivity index (χ4v) is 2.95. The largest absolute Gasteiger partial charge is 0.497 e. The van der Waals surface area contributed by atoms with Crippen molar-refractivity contribution in [3.63, 3.8) is 0 Å². The summed E-state index contributed by atoms with van der Waals surface area (Å²) in [5, 5.41) is 3.67. The van der Waals surface area contributed by atoms with Crippen LogP contribution in [0.2, 0.25) is 0 Å². The third-order valence-electron chi connectivity index (χ3n) is 3.94. The van der Waals surface area contributed by atoms with E-state index in [1.807, 2.05) is 12.1 Å². The Morgan fingerprint density at radius 1 is 1.26 bits per heavy atom. The molecule has 1 aromatic rings. The average Bonchev–Trinajstić information content (AvgIpc) is 2.39. The van der Waals surface area contributed by atoms with Gasteiger partial charge in [0.15, 0.2) is 0 Å². The monoisotopic (exact) mass is 262 g/mol. The number of hydrogen-bond donors (Lipinski definition) is 1. The minimum atomic E-state index is 0.277. The van der Waals surface area contributed by atoms with Crippen LogP contribution >= 0.6 is 0 Å². The van der Waals surface area contributed by atoms with E-state index in [9.17, 15) is 0 Å². The first-order chi connectivity index (χ1) is 9.11. The van der Waals surface area contributed by atoms with E-state index in [1.165, 1.54) is 24.8 Å². The summed E-state index contributed by atoms with van der Waals surface area (Å²) in [6.07, 6.45) is 3.94. The maximum absolute atomic E-state index is 5.19. The Morgan fingerprint density at radius 2 is 2.00 bits per heavy atom. The topological polar surface area (TPSA) is 24.5 Å². The van der Waals surface area contributed by atoms with E-state index >= 15 is 0 Å². The Labute approximate surface area is 116 Å². The average molecular weight is 262 g/mol. The molecule has 1 aliphatic rings. The van der Waals surface area contributed by atoms with Crippen LogP contribution in [-0.4, -0.2) is 37.7 Å². The summed E-state index contributed by atoms with van der Waals surface area (Å²) in [6, 6.07) is 8.35. The van der Waals surface area contributed by atoms with Gasteiger partial charge in [0.25, 0.3) is 0 Å². The highest BCUT2D eigenvalue weighted by Crippen LogP contribution is 2.20. The number of rotatable bonds is 5. The maximum Gasteiger partial charge on any atom is 0.118 e. The first kappa shape index (κ1) is 14.4. The fraction of sp³-hybridized carbons (Fsp3) is 0.625. The molecule has 0 bridgehead atoms. The van der Waals surface area contributed by atoms with Gasteiger partial charge < -0.3 is 15.0 Å². The summed E-state index contributed by atoms with van der Waals surface area (Å²) >= 11 is 0. The van der Waals surface area contributed by atoms with Crippen molar-refractivity contribution < 1.29 is 4.74 Å². The van der Waals surface area contributed by atoms with Gasteiger partial charge in [-0.15, -0.1) is 0 Å². The Bertz CT molecular complexity index is 382. The lowest BCUT2D eigenvalue weighted by Crippen LogP contribution is -2.52. The van der Waals surface area contributed by atoms with E-state index in [1.54, 1.807) is 7.11 Å². The van der Waals surface area contributed by atoms with Crippen molar-refractivity contribution in [2.45, 2.75) is 38.3 Å². The Kier molecular flexibility index (Phi) is 4.83. The van der Waals surface area contributed by atoms with E-state index in [2.05, 4.69) is 36.3 Å². The first-order valence-corrected chi connectivity index (χ1v) is 7.18. The molecule has 2 rings (SSSR count). The second kappa shape index (κ2) is 6.40. The lowest BCUT2D eigenvalue weighted by atomic mass is 9.90. The molecule has 3 heteroatoms. The number of nitrogens with zero attached hydrogens (tertiary/aromatic N) is 1. The number of ether oxygens (including phenoxy) is 1. The third-order valence-corrected chi connectivity index (χ3v) is 3.94. The third kappa shape index (κ3) is 4.22. The van der Waals surface area contributed by atoms with Crippen LogP contribution in [0.4, 0.5) is 0 Å². The van der Waals surface area contributed by atoms with Crippen molar-refractivity contribution in [3.8, 4) is 5.75 Å². The molecule has 0 aliphatic carbocycles. The van der Waals surface area contributed by atoms with Crippen LogP contribution in [0.25, 0.3) is 0 Å². The number of nitrogens with one attached hydrogen (secondary N) is 1. The minimum absolute atomic E-state index is 0.277. The molecule has 0 amide bonds. The molecule has 1 heterocycles. The van der Waals surface area contributed by atoms with Gasteiger partial charge in [-0.2, -0.15) is 0 Å². The Balaban J connectivity index is 1.87. The summed E-state index contributed by atoms with van der Waals surface area (Å²) in [4.78, 5) is 2.40. The van der Waals surface area contributed by atoms with Crippen molar-refractivity contribution in [2.24, 2.45) is 0 Å². The number of likely N-dealkylation sites (N-methyl/N-ethyl adjacent to an activating group) is 1. The molecule has 0 radical (unpaired) electrons. The number of benzene rings is 1. The van der Waals surface area contributed by atoms with Crippen LogP contribution in [0.1, 0.15) is 31.7 Å². The Hall–Kier alpha value is -1.06.